The van der Waals surface area contributed by atoms with Crippen molar-refractivity contribution < 1.29 is 19.1 Å². The Balaban J connectivity index is 1.93. The maximum atomic E-state index is 12.8. The zero-order valence-electron chi connectivity index (χ0n) is 18.2. The Morgan fingerprint density at radius 3 is 2.59 bits per heavy atom. The van der Waals surface area contributed by atoms with Crippen LogP contribution in [0.25, 0.3) is 0 Å². The zero-order valence-corrected chi connectivity index (χ0v) is 18.2. The fourth-order valence-electron chi connectivity index (χ4n) is 3.80. The summed E-state index contributed by atoms with van der Waals surface area (Å²) in [6, 6.07) is 8.41. The van der Waals surface area contributed by atoms with E-state index in [9.17, 15) is 9.59 Å². The molecule has 1 atom stereocenters. The molecule has 1 heterocycles. The average molecular weight is 405 g/mol. The minimum Gasteiger partial charge on any atom is -0.497 e. The molecule has 0 N–H and O–H groups in total. The summed E-state index contributed by atoms with van der Waals surface area (Å²) in [5.74, 6) is 0.487. The van der Waals surface area contributed by atoms with Crippen LogP contribution in [0, 0.1) is 0 Å². The van der Waals surface area contributed by atoms with Gasteiger partial charge in [-0.3, -0.25) is 9.59 Å². The van der Waals surface area contributed by atoms with E-state index in [0.717, 1.165) is 30.8 Å². The number of esters is 1. The molecule has 29 heavy (non-hydrogen) atoms. The van der Waals surface area contributed by atoms with E-state index >= 15 is 0 Å². The Morgan fingerprint density at radius 2 is 1.93 bits per heavy atom. The first-order valence-electron chi connectivity index (χ1n) is 10.8. The maximum absolute atomic E-state index is 12.8. The number of rotatable bonds is 11. The summed E-state index contributed by atoms with van der Waals surface area (Å²) in [6.07, 6.45) is 5.09. The number of nitrogens with zero attached hydrogens (tertiary/aromatic N) is 2. The van der Waals surface area contributed by atoms with Crippen LogP contribution >= 0.6 is 0 Å². The van der Waals surface area contributed by atoms with Gasteiger partial charge in [-0.1, -0.05) is 18.6 Å². The van der Waals surface area contributed by atoms with Crippen molar-refractivity contribution in [2.24, 2.45) is 0 Å². The average Bonchev–Trinajstić information content (AvgIpc) is 2.73. The number of piperidine rings is 1. The molecule has 0 spiro atoms. The molecule has 1 aliphatic heterocycles. The third kappa shape index (κ3) is 8.05. The molecule has 162 valence electrons. The lowest BCUT2D eigenvalue weighted by Crippen LogP contribution is -2.40. The van der Waals surface area contributed by atoms with Crippen molar-refractivity contribution in [1.29, 1.82) is 0 Å². The number of methoxy groups -OCH3 is 1. The van der Waals surface area contributed by atoms with Crippen LogP contribution in [0.4, 0.5) is 0 Å². The highest BCUT2D eigenvalue weighted by Gasteiger charge is 2.20. The molecule has 0 saturated carbocycles. The molecule has 0 bridgehead atoms. The van der Waals surface area contributed by atoms with Crippen molar-refractivity contribution in [1.82, 2.24) is 9.80 Å². The Bertz CT molecular complexity index is 632. The van der Waals surface area contributed by atoms with E-state index in [0.29, 0.717) is 25.7 Å². The summed E-state index contributed by atoms with van der Waals surface area (Å²) < 4.78 is 10.2. The van der Waals surface area contributed by atoms with Crippen LogP contribution in [0.5, 0.6) is 5.75 Å². The maximum Gasteiger partial charge on any atom is 0.306 e. The van der Waals surface area contributed by atoms with Gasteiger partial charge in [-0.15, -0.1) is 0 Å². The molecule has 1 unspecified atom stereocenters. The fourth-order valence-corrected chi connectivity index (χ4v) is 3.80. The Kier molecular flexibility index (Phi) is 9.98. The first-order chi connectivity index (χ1) is 14.0. The molecule has 1 saturated heterocycles. The third-order valence-corrected chi connectivity index (χ3v) is 5.55. The molecule has 1 aromatic rings. The van der Waals surface area contributed by atoms with Gasteiger partial charge in [-0.25, -0.2) is 0 Å². The van der Waals surface area contributed by atoms with Crippen LogP contribution in [0.3, 0.4) is 0 Å². The third-order valence-electron chi connectivity index (χ3n) is 5.55. The molecule has 0 radical (unpaired) electrons. The number of amides is 1. The molecule has 1 amide bonds. The van der Waals surface area contributed by atoms with Crippen LogP contribution < -0.4 is 4.74 Å². The number of carbonyl (C=O) groups excluding carboxylic acids is 2. The van der Waals surface area contributed by atoms with Crippen molar-refractivity contribution >= 4 is 11.9 Å². The zero-order chi connectivity index (χ0) is 21.1. The van der Waals surface area contributed by atoms with Gasteiger partial charge in [0.25, 0.3) is 0 Å². The SMILES string of the molecule is CCOC(=O)CCC(=O)N(CCCN1CCCCC1C)Cc1ccc(OC)cc1. The molecule has 6 heteroatoms. The van der Waals surface area contributed by atoms with Gasteiger partial charge in [0.2, 0.25) is 5.91 Å². The number of hydrogen-bond donors (Lipinski definition) is 0. The monoisotopic (exact) mass is 404 g/mol. The van der Waals surface area contributed by atoms with Crippen LogP contribution in [-0.4, -0.2) is 61.1 Å². The summed E-state index contributed by atoms with van der Waals surface area (Å²) in [7, 11) is 1.64. The van der Waals surface area contributed by atoms with E-state index in [1.807, 2.05) is 29.2 Å². The van der Waals surface area contributed by atoms with E-state index < -0.39 is 0 Å². The van der Waals surface area contributed by atoms with Gasteiger partial charge in [-0.2, -0.15) is 0 Å². The fraction of sp³-hybridized carbons (Fsp3) is 0.652. The van der Waals surface area contributed by atoms with Crippen LogP contribution in [0.1, 0.15) is 57.9 Å². The Morgan fingerprint density at radius 1 is 1.17 bits per heavy atom. The highest BCUT2D eigenvalue weighted by Crippen LogP contribution is 2.18. The quantitative estimate of drug-likeness (QED) is 0.527. The van der Waals surface area contributed by atoms with Gasteiger partial charge in [0, 0.05) is 32.1 Å². The first kappa shape index (κ1) is 23.2. The summed E-state index contributed by atoms with van der Waals surface area (Å²) >= 11 is 0. The van der Waals surface area contributed by atoms with Crippen molar-refractivity contribution in [2.75, 3.05) is 33.4 Å². The van der Waals surface area contributed by atoms with E-state index in [-0.39, 0.29) is 24.7 Å². The molecule has 1 fully saturated rings. The van der Waals surface area contributed by atoms with Crippen molar-refractivity contribution in [3.8, 4) is 5.75 Å². The Hall–Kier alpha value is -2.08. The smallest absolute Gasteiger partial charge is 0.306 e. The van der Waals surface area contributed by atoms with Crippen LogP contribution in [0.2, 0.25) is 0 Å². The van der Waals surface area contributed by atoms with Gasteiger partial charge in [0.15, 0.2) is 0 Å². The second-order valence-electron chi connectivity index (χ2n) is 7.70. The molecule has 6 nitrogen and oxygen atoms in total. The lowest BCUT2D eigenvalue weighted by molar-refractivity contribution is -0.145. The minimum atomic E-state index is -0.313. The predicted octanol–water partition coefficient (Wildman–Crippen LogP) is 3.63. The molecule has 1 aromatic carbocycles. The molecular weight excluding hydrogens is 368 g/mol. The van der Waals surface area contributed by atoms with E-state index in [4.69, 9.17) is 9.47 Å². The first-order valence-corrected chi connectivity index (χ1v) is 10.8. The number of benzene rings is 1. The molecule has 0 aromatic heterocycles. The lowest BCUT2D eigenvalue weighted by atomic mass is 10.0. The second kappa shape index (κ2) is 12.5. The van der Waals surface area contributed by atoms with E-state index in [1.165, 1.54) is 19.3 Å². The number of carbonyl (C=O) groups is 2. The van der Waals surface area contributed by atoms with Crippen LogP contribution in [-0.2, 0) is 20.9 Å². The second-order valence-corrected chi connectivity index (χ2v) is 7.70. The molecule has 2 rings (SSSR count). The normalized spacial score (nSPS) is 17.0. The van der Waals surface area contributed by atoms with Crippen molar-refractivity contribution in [2.45, 2.75) is 65.0 Å². The summed E-state index contributed by atoms with van der Waals surface area (Å²) in [5, 5.41) is 0. The minimum absolute atomic E-state index is 0.000522. The van der Waals surface area contributed by atoms with E-state index in [1.54, 1.807) is 14.0 Å². The van der Waals surface area contributed by atoms with Gasteiger partial charge in [-0.05, 0) is 57.4 Å². The largest absolute Gasteiger partial charge is 0.497 e. The van der Waals surface area contributed by atoms with Crippen LogP contribution in [0.15, 0.2) is 24.3 Å². The lowest BCUT2D eigenvalue weighted by Gasteiger charge is -2.34. The topological polar surface area (TPSA) is 59.1 Å². The molecular formula is C23H36N2O4. The highest BCUT2D eigenvalue weighted by atomic mass is 16.5. The predicted molar refractivity (Wildman–Crippen MR) is 114 cm³/mol. The standard InChI is InChI=1S/C23H36N2O4/c1-4-29-23(27)14-13-22(26)25(18-20-9-11-21(28-3)12-10-20)17-7-16-24-15-6-5-8-19(24)2/h9-12,19H,4-8,13-18H2,1-3H3. The summed E-state index contributed by atoms with van der Waals surface area (Å²) in [6.45, 7) is 7.80. The van der Waals surface area contributed by atoms with E-state index in [2.05, 4.69) is 11.8 Å². The van der Waals surface area contributed by atoms with Crippen molar-refractivity contribution in [3.63, 3.8) is 0 Å². The number of likely N-dealkylation sites (tertiary alicyclic amines) is 1. The van der Waals surface area contributed by atoms with Gasteiger partial charge >= 0.3 is 5.97 Å². The number of ether oxygens (including phenoxy) is 2. The molecule has 0 aliphatic carbocycles. The summed E-state index contributed by atoms with van der Waals surface area (Å²) in [4.78, 5) is 28.8. The van der Waals surface area contributed by atoms with Gasteiger partial charge in [0.1, 0.15) is 5.75 Å². The summed E-state index contributed by atoms with van der Waals surface area (Å²) in [5.41, 5.74) is 1.06. The van der Waals surface area contributed by atoms with Gasteiger partial charge < -0.3 is 19.3 Å². The van der Waals surface area contributed by atoms with Crippen molar-refractivity contribution in [3.05, 3.63) is 29.8 Å². The Labute approximate surface area is 175 Å². The number of hydrogen-bond acceptors (Lipinski definition) is 5. The van der Waals surface area contributed by atoms with Gasteiger partial charge in [0.05, 0.1) is 20.1 Å². The molecule has 1 aliphatic rings. The highest BCUT2D eigenvalue weighted by molar-refractivity contribution is 5.81.